The number of amides is 1. The highest BCUT2D eigenvalue weighted by molar-refractivity contribution is 6.01. The van der Waals surface area contributed by atoms with E-state index in [0.29, 0.717) is 13.0 Å². The lowest BCUT2D eigenvalue weighted by Crippen LogP contribution is -2.20. The topological polar surface area (TPSA) is 64.2 Å². The molecular weight excluding hydrogens is 240 g/mol. The van der Waals surface area contributed by atoms with Gasteiger partial charge in [0.15, 0.2) is 0 Å². The standard InChI is InChI=1S/C14H16N4O/c1-17-13-4-3-9(5-10(13)6-14(17)19)12-7-11(8-15)18(2)16-12/h3-5,7H,6,8,15H2,1-2H3. The van der Waals surface area contributed by atoms with Crippen LogP contribution in [0, 0.1) is 0 Å². The molecule has 0 atom stereocenters. The summed E-state index contributed by atoms with van der Waals surface area (Å²) in [6.07, 6.45) is 0.469. The number of carbonyl (C=O) groups excluding carboxylic acids is 1. The summed E-state index contributed by atoms with van der Waals surface area (Å²) in [5.74, 6) is 0.135. The second-order valence-electron chi connectivity index (χ2n) is 4.82. The lowest BCUT2D eigenvalue weighted by molar-refractivity contribution is -0.117. The fraction of sp³-hybridized carbons (Fsp3) is 0.286. The van der Waals surface area contributed by atoms with Gasteiger partial charge in [0.2, 0.25) is 5.91 Å². The molecule has 5 nitrogen and oxygen atoms in total. The quantitative estimate of drug-likeness (QED) is 0.874. The molecule has 1 aromatic carbocycles. The first-order valence-corrected chi connectivity index (χ1v) is 6.23. The van der Waals surface area contributed by atoms with Crippen molar-refractivity contribution in [3.8, 4) is 11.3 Å². The van der Waals surface area contributed by atoms with Crippen LogP contribution in [-0.4, -0.2) is 22.7 Å². The second kappa shape index (κ2) is 4.20. The number of aromatic nitrogens is 2. The highest BCUT2D eigenvalue weighted by Crippen LogP contribution is 2.31. The number of nitrogens with two attached hydrogens (primary N) is 1. The average Bonchev–Trinajstić information content (AvgIpc) is 2.91. The molecule has 0 aliphatic carbocycles. The molecule has 1 amide bonds. The van der Waals surface area contributed by atoms with Crippen molar-refractivity contribution in [1.82, 2.24) is 9.78 Å². The molecular formula is C14H16N4O. The molecule has 98 valence electrons. The average molecular weight is 256 g/mol. The van der Waals surface area contributed by atoms with Crippen LogP contribution in [0.15, 0.2) is 24.3 Å². The number of hydrogen-bond donors (Lipinski definition) is 1. The van der Waals surface area contributed by atoms with Gasteiger partial charge in [0.25, 0.3) is 0 Å². The summed E-state index contributed by atoms with van der Waals surface area (Å²) in [7, 11) is 3.69. The zero-order chi connectivity index (χ0) is 13.6. The van der Waals surface area contributed by atoms with E-state index in [0.717, 1.165) is 28.2 Å². The predicted octanol–water partition coefficient (Wildman–Crippen LogP) is 1.06. The normalized spacial score (nSPS) is 14.1. The Hall–Kier alpha value is -2.14. The van der Waals surface area contributed by atoms with Gasteiger partial charge in [0.05, 0.1) is 17.8 Å². The maximum Gasteiger partial charge on any atom is 0.231 e. The van der Waals surface area contributed by atoms with E-state index in [2.05, 4.69) is 5.10 Å². The first-order valence-electron chi connectivity index (χ1n) is 6.23. The van der Waals surface area contributed by atoms with E-state index < -0.39 is 0 Å². The molecule has 0 fully saturated rings. The number of aryl methyl sites for hydroxylation is 1. The zero-order valence-corrected chi connectivity index (χ0v) is 11.1. The molecule has 0 unspecified atom stereocenters. The lowest BCUT2D eigenvalue weighted by Gasteiger charge is -2.09. The molecule has 2 heterocycles. The van der Waals surface area contributed by atoms with Crippen molar-refractivity contribution < 1.29 is 4.79 Å². The van der Waals surface area contributed by atoms with Gasteiger partial charge in [-0.15, -0.1) is 0 Å². The summed E-state index contributed by atoms with van der Waals surface area (Å²) in [5, 5.41) is 4.45. The van der Waals surface area contributed by atoms with Gasteiger partial charge in [0, 0.05) is 31.9 Å². The Morgan fingerprint density at radius 1 is 1.32 bits per heavy atom. The van der Waals surface area contributed by atoms with Crippen LogP contribution < -0.4 is 10.6 Å². The molecule has 0 bridgehead atoms. The summed E-state index contributed by atoms with van der Waals surface area (Å²) in [4.78, 5) is 13.4. The molecule has 1 aliphatic heterocycles. The summed E-state index contributed by atoms with van der Waals surface area (Å²) in [6.45, 7) is 0.468. The van der Waals surface area contributed by atoms with Crippen molar-refractivity contribution in [3.05, 3.63) is 35.5 Å². The van der Waals surface area contributed by atoms with E-state index in [9.17, 15) is 4.79 Å². The van der Waals surface area contributed by atoms with E-state index in [-0.39, 0.29) is 5.91 Å². The fourth-order valence-electron chi connectivity index (χ4n) is 2.47. The van der Waals surface area contributed by atoms with Gasteiger partial charge in [-0.2, -0.15) is 5.10 Å². The molecule has 2 N–H and O–H groups in total. The number of rotatable bonds is 2. The molecule has 1 aliphatic rings. The Balaban J connectivity index is 2.03. The molecule has 3 rings (SSSR count). The minimum atomic E-state index is 0.135. The number of fused-ring (bicyclic) bond motifs is 1. The van der Waals surface area contributed by atoms with E-state index in [1.165, 1.54) is 0 Å². The van der Waals surface area contributed by atoms with Crippen LogP contribution in [0.25, 0.3) is 11.3 Å². The van der Waals surface area contributed by atoms with E-state index in [1.54, 1.807) is 16.6 Å². The largest absolute Gasteiger partial charge is 0.325 e. The van der Waals surface area contributed by atoms with Crippen LogP contribution in [0.5, 0.6) is 0 Å². The number of nitrogens with zero attached hydrogens (tertiary/aromatic N) is 3. The smallest absolute Gasteiger partial charge is 0.231 e. The molecule has 0 saturated heterocycles. The minimum absolute atomic E-state index is 0.135. The van der Waals surface area contributed by atoms with Crippen molar-refractivity contribution in [2.75, 3.05) is 11.9 Å². The van der Waals surface area contributed by atoms with Gasteiger partial charge in [0.1, 0.15) is 0 Å². The van der Waals surface area contributed by atoms with Crippen LogP contribution in [0.2, 0.25) is 0 Å². The maximum atomic E-state index is 11.7. The monoisotopic (exact) mass is 256 g/mol. The van der Waals surface area contributed by atoms with Crippen LogP contribution in [0.3, 0.4) is 0 Å². The maximum absolute atomic E-state index is 11.7. The molecule has 19 heavy (non-hydrogen) atoms. The second-order valence-corrected chi connectivity index (χ2v) is 4.82. The Kier molecular flexibility index (Phi) is 2.64. The molecule has 0 spiro atoms. The number of anilines is 1. The SMILES string of the molecule is CN1C(=O)Cc2cc(-c3cc(CN)n(C)n3)ccc21. The number of benzene rings is 1. The van der Waals surface area contributed by atoms with Gasteiger partial charge < -0.3 is 10.6 Å². The molecule has 5 heteroatoms. The third-order valence-electron chi connectivity index (χ3n) is 3.64. The van der Waals surface area contributed by atoms with Crippen molar-refractivity contribution in [3.63, 3.8) is 0 Å². The van der Waals surface area contributed by atoms with Crippen molar-refractivity contribution >= 4 is 11.6 Å². The lowest BCUT2D eigenvalue weighted by atomic mass is 10.1. The van der Waals surface area contributed by atoms with Crippen molar-refractivity contribution in [2.45, 2.75) is 13.0 Å². The fourth-order valence-corrected chi connectivity index (χ4v) is 2.47. The van der Waals surface area contributed by atoms with Gasteiger partial charge >= 0.3 is 0 Å². The Labute approximate surface area is 111 Å². The Morgan fingerprint density at radius 3 is 2.79 bits per heavy atom. The molecule has 1 aromatic heterocycles. The highest BCUT2D eigenvalue weighted by atomic mass is 16.2. The number of likely N-dealkylation sites (N-methyl/N-ethyl adjacent to an activating group) is 1. The highest BCUT2D eigenvalue weighted by Gasteiger charge is 2.24. The van der Waals surface area contributed by atoms with Gasteiger partial charge in [-0.3, -0.25) is 9.48 Å². The molecule has 0 radical (unpaired) electrons. The number of hydrogen-bond acceptors (Lipinski definition) is 3. The van der Waals surface area contributed by atoms with Crippen molar-refractivity contribution in [2.24, 2.45) is 12.8 Å². The van der Waals surface area contributed by atoms with Crippen molar-refractivity contribution in [1.29, 1.82) is 0 Å². The zero-order valence-electron chi connectivity index (χ0n) is 11.1. The van der Waals surface area contributed by atoms with Crippen LogP contribution in [-0.2, 0) is 24.8 Å². The van der Waals surface area contributed by atoms with E-state index >= 15 is 0 Å². The van der Waals surface area contributed by atoms with E-state index in [1.807, 2.05) is 31.3 Å². The third kappa shape index (κ3) is 1.82. The van der Waals surface area contributed by atoms with Crippen LogP contribution in [0.4, 0.5) is 5.69 Å². The van der Waals surface area contributed by atoms with Gasteiger partial charge in [-0.1, -0.05) is 6.07 Å². The van der Waals surface area contributed by atoms with Crippen LogP contribution >= 0.6 is 0 Å². The first kappa shape index (κ1) is 11.9. The predicted molar refractivity (Wildman–Crippen MR) is 73.6 cm³/mol. The third-order valence-corrected chi connectivity index (χ3v) is 3.64. The summed E-state index contributed by atoms with van der Waals surface area (Å²) in [5.41, 5.74) is 10.6. The summed E-state index contributed by atoms with van der Waals surface area (Å²) in [6, 6.07) is 8.00. The van der Waals surface area contributed by atoms with Gasteiger partial charge in [-0.25, -0.2) is 0 Å². The van der Waals surface area contributed by atoms with E-state index in [4.69, 9.17) is 5.73 Å². The van der Waals surface area contributed by atoms with Gasteiger partial charge in [-0.05, 0) is 23.8 Å². The summed E-state index contributed by atoms with van der Waals surface area (Å²) >= 11 is 0. The van der Waals surface area contributed by atoms with Crippen LogP contribution in [0.1, 0.15) is 11.3 Å². The molecule has 0 saturated carbocycles. The summed E-state index contributed by atoms with van der Waals surface area (Å²) < 4.78 is 1.79. The minimum Gasteiger partial charge on any atom is -0.325 e. The Bertz CT molecular complexity index is 659. The first-order chi connectivity index (χ1) is 9.10. The number of carbonyl (C=O) groups is 1. The molecule has 2 aromatic rings. The Morgan fingerprint density at radius 2 is 2.11 bits per heavy atom.